The average Bonchev–Trinajstić information content (AvgIpc) is 2.06. The summed E-state index contributed by atoms with van der Waals surface area (Å²) in [6.45, 7) is 1.46. The summed E-state index contributed by atoms with van der Waals surface area (Å²) in [6.07, 6.45) is -0.0152. The highest BCUT2D eigenvalue weighted by atomic mass is 32.2. The fraction of sp³-hybridized carbons (Fsp3) is 0.250. The van der Waals surface area contributed by atoms with Crippen molar-refractivity contribution in [1.82, 2.24) is 0 Å². The third-order valence-corrected chi connectivity index (χ3v) is 2.72. The quantitative estimate of drug-likeness (QED) is 0.776. The molecule has 0 atom stereocenters. The Balaban J connectivity index is 3.63. The lowest BCUT2D eigenvalue weighted by molar-refractivity contribution is 0.467. The maximum atomic E-state index is 13.0. The minimum absolute atomic E-state index is 0.0152. The summed E-state index contributed by atoms with van der Waals surface area (Å²) >= 11 is 0. The lowest BCUT2D eigenvalue weighted by Gasteiger charge is -2.06. The van der Waals surface area contributed by atoms with E-state index in [1.165, 1.54) is 6.92 Å². The number of halogens is 2. The summed E-state index contributed by atoms with van der Waals surface area (Å²) < 4.78 is 56.2. The Kier molecular flexibility index (Phi) is 2.86. The van der Waals surface area contributed by atoms with Gasteiger partial charge < -0.3 is 0 Å². The minimum atomic E-state index is -4.71. The molecule has 0 aliphatic carbocycles. The molecule has 3 nitrogen and oxygen atoms in total. The third-order valence-electron chi connectivity index (χ3n) is 1.77. The Labute approximate surface area is 80.1 Å². The first-order valence-electron chi connectivity index (χ1n) is 3.82. The lowest BCUT2D eigenvalue weighted by Crippen LogP contribution is -2.07. The normalized spacial score (nSPS) is 11.7. The van der Waals surface area contributed by atoms with E-state index in [0.717, 1.165) is 6.07 Å². The van der Waals surface area contributed by atoms with E-state index in [1.807, 2.05) is 0 Å². The van der Waals surface area contributed by atoms with E-state index < -0.39 is 26.6 Å². The summed E-state index contributed by atoms with van der Waals surface area (Å²) in [7, 11) is -4.71. The molecule has 0 aliphatic rings. The van der Waals surface area contributed by atoms with Crippen LogP contribution in [-0.2, 0) is 16.5 Å². The van der Waals surface area contributed by atoms with Crippen LogP contribution in [0.15, 0.2) is 17.0 Å². The van der Waals surface area contributed by atoms with Gasteiger partial charge in [0.25, 0.3) is 10.1 Å². The van der Waals surface area contributed by atoms with E-state index in [4.69, 9.17) is 4.55 Å². The molecule has 14 heavy (non-hydrogen) atoms. The van der Waals surface area contributed by atoms with Crippen molar-refractivity contribution in [3.8, 4) is 0 Å². The van der Waals surface area contributed by atoms with Crippen LogP contribution in [0.5, 0.6) is 0 Å². The SMILES string of the molecule is CCc1c(F)ccc(F)c1S(=O)(=O)O. The highest BCUT2D eigenvalue weighted by Gasteiger charge is 2.22. The highest BCUT2D eigenvalue weighted by molar-refractivity contribution is 7.85. The maximum Gasteiger partial charge on any atom is 0.297 e. The van der Waals surface area contributed by atoms with Gasteiger partial charge in [0.1, 0.15) is 16.5 Å². The standard InChI is InChI=1S/C8H8F2O3S/c1-2-5-6(9)3-4-7(10)8(5)14(11,12)13/h3-4H,2H2,1H3,(H,11,12,13). The van der Waals surface area contributed by atoms with Gasteiger partial charge in [0.15, 0.2) is 0 Å². The molecule has 0 amide bonds. The molecule has 0 spiro atoms. The van der Waals surface area contributed by atoms with Gasteiger partial charge in [0, 0.05) is 5.56 Å². The molecule has 0 heterocycles. The molecule has 1 rings (SSSR count). The Morgan fingerprint density at radius 3 is 2.14 bits per heavy atom. The van der Waals surface area contributed by atoms with Crippen molar-refractivity contribution in [3.05, 3.63) is 29.3 Å². The number of hydrogen-bond donors (Lipinski definition) is 1. The average molecular weight is 222 g/mol. The zero-order chi connectivity index (χ0) is 10.9. The van der Waals surface area contributed by atoms with Gasteiger partial charge in [-0.3, -0.25) is 4.55 Å². The van der Waals surface area contributed by atoms with Crippen molar-refractivity contribution in [1.29, 1.82) is 0 Å². The molecule has 0 radical (unpaired) electrons. The smallest absolute Gasteiger partial charge is 0.282 e. The molecule has 6 heteroatoms. The maximum absolute atomic E-state index is 13.0. The fourth-order valence-electron chi connectivity index (χ4n) is 1.18. The van der Waals surface area contributed by atoms with Crippen molar-refractivity contribution >= 4 is 10.1 Å². The summed E-state index contributed by atoms with van der Waals surface area (Å²) in [4.78, 5) is -0.972. The van der Waals surface area contributed by atoms with Crippen molar-refractivity contribution in [2.45, 2.75) is 18.2 Å². The zero-order valence-corrected chi connectivity index (χ0v) is 8.11. The minimum Gasteiger partial charge on any atom is -0.282 e. The van der Waals surface area contributed by atoms with Crippen LogP contribution >= 0.6 is 0 Å². The van der Waals surface area contributed by atoms with Crippen LogP contribution in [-0.4, -0.2) is 13.0 Å². The van der Waals surface area contributed by atoms with Crippen LogP contribution < -0.4 is 0 Å². The van der Waals surface area contributed by atoms with Crippen molar-refractivity contribution in [2.75, 3.05) is 0 Å². The largest absolute Gasteiger partial charge is 0.297 e. The van der Waals surface area contributed by atoms with E-state index in [1.54, 1.807) is 0 Å². The zero-order valence-electron chi connectivity index (χ0n) is 7.29. The predicted molar refractivity (Wildman–Crippen MR) is 45.6 cm³/mol. The molecule has 0 saturated heterocycles. The Bertz CT molecular complexity index is 454. The molecule has 0 fully saturated rings. The van der Waals surface area contributed by atoms with Crippen LogP contribution in [0.2, 0.25) is 0 Å². The Morgan fingerprint density at radius 1 is 1.29 bits per heavy atom. The summed E-state index contributed by atoms with van der Waals surface area (Å²) in [5.74, 6) is -1.99. The van der Waals surface area contributed by atoms with E-state index in [0.29, 0.717) is 6.07 Å². The Morgan fingerprint density at radius 2 is 1.79 bits per heavy atom. The van der Waals surface area contributed by atoms with Crippen LogP contribution in [0, 0.1) is 11.6 Å². The second-order valence-corrected chi connectivity index (χ2v) is 4.02. The van der Waals surface area contributed by atoms with Crippen molar-refractivity contribution in [3.63, 3.8) is 0 Å². The van der Waals surface area contributed by atoms with E-state index in [2.05, 4.69) is 0 Å². The molecule has 0 aliphatic heterocycles. The predicted octanol–water partition coefficient (Wildman–Crippen LogP) is 1.77. The van der Waals surface area contributed by atoms with Crippen molar-refractivity contribution in [2.24, 2.45) is 0 Å². The summed E-state index contributed by atoms with van der Waals surface area (Å²) in [5, 5.41) is 0. The van der Waals surface area contributed by atoms with Gasteiger partial charge >= 0.3 is 0 Å². The first kappa shape index (κ1) is 11.1. The second kappa shape index (κ2) is 3.62. The number of rotatable bonds is 2. The second-order valence-electron chi connectivity index (χ2n) is 2.67. The molecule has 1 aromatic rings. The van der Waals surface area contributed by atoms with Gasteiger partial charge in [0.2, 0.25) is 0 Å². The molecule has 0 saturated carbocycles. The van der Waals surface area contributed by atoms with Gasteiger partial charge in [0.05, 0.1) is 0 Å². The molecule has 0 bridgehead atoms. The molecular formula is C8H8F2O3S. The van der Waals surface area contributed by atoms with Gasteiger partial charge in [-0.15, -0.1) is 0 Å². The van der Waals surface area contributed by atoms with Gasteiger partial charge in [-0.2, -0.15) is 8.42 Å². The first-order valence-corrected chi connectivity index (χ1v) is 5.26. The number of benzene rings is 1. The van der Waals surface area contributed by atoms with Gasteiger partial charge in [-0.05, 0) is 18.6 Å². The molecule has 78 valence electrons. The molecule has 1 N–H and O–H groups in total. The van der Waals surface area contributed by atoms with Crippen LogP contribution in [0.4, 0.5) is 8.78 Å². The van der Waals surface area contributed by atoms with E-state index in [-0.39, 0.29) is 12.0 Å². The third kappa shape index (κ3) is 1.91. The van der Waals surface area contributed by atoms with Crippen LogP contribution in [0.3, 0.4) is 0 Å². The molecule has 1 aromatic carbocycles. The summed E-state index contributed by atoms with van der Waals surface area (Å²) in [5.41, 5.74) is -0.340. The fourth-order valence-corrected chi connectivity index (χ4v) is 2.05. The van der Waals surface area contributed by atoms with Gasteiger partial charge in [-0.1, -0.05) is 6.92 Å². The molecular weight excluding hydrogens is 214 g/mol. The van der Waals surface area contributed by atoms with E-state index in [9.17, 15) is 17.2 Å². The monoisotopic (exact) mass is 222 g/mol. The topological polar surface area (TPSA) is 54.4 Å². The first-order chi connectivity index (χ1) is 6.38. The Hall–Kier alpha value is -1.01. The molecule has 0 unspecified atom stereocenters. The molecule has 0 aromatic heterocycles. The van der Waals surface area contributed by atoms with E-state index >= 15 is 0 Å². The number of hydrogen-bond acceptors (Lipinski definition) is 2. The highest BCUT2D eigenvalue weighted by Crippen LogP contribution is 2.22. The van der Waals surface area contributed by atoms with Gasteiger partial charge in [-0.25, -0.2) is 8.78 Å². The summed E-state index contributed by atoms with van der Waals surface area (Å²) in [6, 6.07) is 1.49. The van der Waals surface area contributed by atoms with Crippen LogP contribution in [0.1, 0.15) is 12.5 Å². The lowest BCUT2D eigenvalue weighted by atomic mass is 10.1. The van der Waals surface area contributed by atoms with Crippen molar-refractivity contribution < 1.29 is 21.8 Å². The van der Waals surface area contributed by atoms with Crippen LogP contribution in [0.25, 0.3) is 0 Å².